The Balaban J connectivity index is 1.98. The molecule has 1 fully saturated rings. The summed E-state index contributed by atoms with van der Waals surface area (Å²) in [5, 5.41) is 15.0. The van der Waals surface area contributed by atoms with Crippen molar-refractivity contribution >= 4 is 35.0 Å². The van der Waals surface area contributed by atoms with Gasteiger partial charge in [-0.2, -0.15) is 11.8 Å². The van der Waals surface area contributed by atoms with E-state index in [1.807, 2.05) is 11.8 Å². The maximum absolute atomic E-state index is 9.93. The highest BCUT2D eigenvalue weighted by Gasteiger charge is 2.26. The van der Waals surface area contributed by atoms with Crippen LogP contribution in [0.1, 0.15) is 31.7 Å². The molecule has 19 heavy (non-hydrogen) atoms. The van der Waals surface area contributed by atoms with E-state index in [0.717, 1.165) is 11.3 Å². The van der Waals surface area contributed by atoms with Gasteiger partial charge in [0, 0.05) is 28.4 Å². The number of phenolic OH excluding ortho intramolecular Hbond substituents is 1. The van der Waals surface area contributed by atoms with Gasteiger partial charge in [-0.1, -0.05) is 36.5 Å². The molecule has 1 aromatic rings. The SMILES string of the molecule is CCSC1CCCC1NCc1cc(Cl)cc(Cl)c1O. The van der Waals surface area contributed by atoms with E-state index < -0.39 is 0 Å². The number of nitrogens with one attached hydrogen (secondary N) is 1. The Hall–Kier alpha value is -0.0900. The van der Waals surface area contributed by atoms with Gasteiger partial charge in [0.05, 0.1) is 5.02 Å². The van der Waals surface area contributed by atoms with Crippen molar-refractivity contribution in [1.82, 2.24) is 5.32 Å². The molecule has 1 aromatic carbocycles. The van der Waals surface area contributed by atoms with Crippen LogP contribution in [0, 0.1) is 0 Å². The highest BCUT2D eigenvalue weighted by molar-refractivity contribution is 7.99. The van der Waals surface area contributed by atoms with Crippen LogP contribution >= 0.6 is 35.0 Å². The Morgan fingerprint density at radius 3 is 2.89 bits per heavy atom. The lowest BCUT2D eigenvalue weighted by Gasteiger charge is -2.20. The molecule has 0 aromatic heterocycles. The molecule has 1 saturated carbocycles. The molecule has 1 aliphatic rings. The second-order valence-electron chi connectivity index (χ2n) is 4.81. The Labute approximate surface area is 128 Å². The summed E-state index contributed by atoms with van der Waals surface area (Å²) in [7, 11) is 0. The first kappa shape index (κ1) is 15.3. The molecule has 1 aliphatic carbocycles. The van der Waals surface area contributed by atoms with Gasteiger partial charge in [0.1, 0.15) is 5.75 Å². The standard InChI is InChI=1S/C14H19Cl2NOS/c1-2-19-13-5-3-4-12(13)17-8-9-6-10(15)7-11(16)14(9)18/h6-7,12-13,17-18H,2-5,8H2,1H3. The molecular weight excluding hydrogens is 301 g/mol. The third kappa shape index (κ3) is 3.94. The van der Waals surface area contributed by atoms with E-state index in [1.165, 1.54) is 19.3 Å². The molecule has 2 unspecified atom stereocenters. The van der Waals surface area contributed by atoms with Crippen LogP contribution in [0.3, 0.4) is 0 Å². The highest BCUT2D eigenvalue weighted by Crippen LogP contribution is 2.33. The minimum atomic E-state index is 0.135. The molecule has 0 amide bonds. The molecule has 0 spiro atoms. The van der Waals surface area contributed by atoms with Gasteiger partial charge >= 0.3 is 0 Å². The number of rotatable bonds is 5. The van der Waals surface area contributed by atoms with Gasteiger partial charge in [-0.3, -0.25) is 0 Å². The monoisotopic (exact) mass is 319 g/mol. The van der Waals surface area contributed by atoms with E-state index in [4.69, 9.17) is 23.2 Å². The second-order valence-corrected chi connectivity index (χ2v) is 7.17. The van der Waals surface area contributed by atoms with Gasteiger partial charge in [0.15, 0.2) is 0 Å². The van der Waals surface area contributed by atoms with Gasteiger partial charge in [0.25, 0.3) is 0 Å². The number of hydrogen-bond acceptors (Lipinski definition) is 3. The summed E-state index contributed by atoms with van der Waals surface area (Å²) in [4.78, 5) is 0. The zero-order valence-corrected chi connectivity index (χ0v) is 13.3. The number of benzene rings is 1. The van der Waals surface area contributed by atoms with Crippen molar-refractivity contribution in [2.24, 2.45) is 0 Å². The Morgan fingerprint density at radius 2 is 2.16 bits per heavy atom. The predicted octanol–water partition coefficient (Wildman–Crippen LogP) is 4.46. The number of hydrogen-bond donors (Lipinski definition) is 2. The van der Waals surface area contributed by atoms with Crippen molar-refractivity contribution in [1.29, 1.82) is 0 Å². The molecule has 0 bridgehead atoms. The summed E-state index contributed by atoms with van der Waals surface area (Å²) in [5.74, 6) is 1.29. The number of aromatic hydroxyl groups is 1. The third-order valence-corrected chi connectivity index (χ3v) is 5.33. The summed E-state index contributed by atoms with van der Waals surface area (Å²) < 4.78 is 0. The van der Waals surface area contributed by atoms with Crippen LogP contribution in [-0.4, -0.2) is 22.2 Å². The van der Waals surface area contributed by atoms with Crippen molar-refractivity contribution in [3.05, 3.63) is 27.7 Å². The highest BCUT2D eigenvalue weighted by atomic mass is 35.5. The summed E-state index contributed by atoms with van der Waals surface area (Å²) in [6.45, 7) is 2.81. The van der Waals surface area contributed by atoms with Gasteiger partial charge in [-0.15, -0.1) is 0 Å². The first-order valence-electron chi connectivity index (χ1n) is 6.63. The van der Waals surface area contributed by atoms with E-state index in [0.29, 0.717) is 27.9 Å². The lowest BCUT2D eigenvalue weighted by molar-refractivity contribution is 0.457. The first-order valence-corrected chi connectivity index (χ1v) is 8.44. The minimum absolute atomic E-state index is 0.135. The lowest BCUT2D eigenvalue weighted by atomic mass is 10.1. The Kier molecular flexibility index (Phi) is 5.70. The molecule has 0 radical (unpaired) electrons. The quantitative estimate of drug-likeness (QED) is 0.840. The largest absolute Gasteiger partial charge is 0.506 e. The van der Waals surface area contributed by atoms with Crippen molar-refractivity contribution in [3.8, 4) is 5.75 Å². The van der Waals surface area contributed by atoms with Crippen LogP contribution in [0.15, 0.2) is 12.1 Å². The van der Waals surface area contributed by atoms with Crippen LogP contribution in [0.4, 0.5) is 0 Å². The molecular formula is C14H19Cl2NOS. The van der Waals surface area contributed by atoms with Crippen LogP contribution in [-0.2, 0) is 6.54 Å². The third-order valence-electron chi connectivity index (χ3n) is 3.50. The topological polar surface area (TPSA) is 32.3 Å². The maximum Gasteiger partial charge on any atom is 0.138 e. The van der Waals surface area contributed by atoms with Crippen molar-refractivity contribution in [2.45, 2.75) is 44.0 Å². The minimum Gasteiger partial charge on any atom is -0.506 e. The number of phenols is 1. The Bertz CT molecular complexity index is 442. The van der Waals surface area contributed by atoms with E-state index >= 15 is 0 Å². The molecule has 2 nitrogen and oxygen atoms in total. The molecule has 2 rings (SSSR count). The summed E-state index contributed by atoms with van der Waals surface area (Å²) >= 11 is 13.9. The molecule has 0 heterocycles. The lowest BCUT2D eigenvalue weighted by Crippen LogP contribution is -2.33. The summed E-state index contributed by atoms with van der Waals surface area (Å²) in [6.07, 6.45) is 3.75. The van der Waals surface area contributed by atoms with Crippen molar-refractivity contribution in [2.75, 3.05) is 5.75 Å². The van der Waals surface area contributed by atoms with Crippen LogP contribution in [0.2, 0.25) is 10.0 Å². The van der Waals surface area contributed by atoms with E-state index in [1.54, 1.807) is 12.1 Å². The molecule has 5 heteroatoms. The van der Waals surface area contributed by atoms with Crippen LogP contribution in [0.5, 0.6) is 5.75 Å². The normalized spacial score (nSPS) is 22.9. The molecule has 0 aliphatic heterocycles. The van der Waals surface area contributed by atoms with Crippen molar-refractivity contribution in [3.63, 3.8) is 0 Å². The average Bonchev–Trinajstić information content (AvgIpc) is 2.80. The fourth-order valence-electron chi connectivity index (χ4n) is 2.57. The number of halogens is 2. The predicted molar refractivity (Wildman–Crippen MR) is 84.5 cm³/mol. The Morgan fingerprint density at radius 1 is 1.37 bits per heavy atom. The van der Waals surface area contributed by atoms with Gasteiger partial charge in [-0.05, 0) is 30.7 Å². The smallest absolute Gasteiger partial charge is 0.138 e. The summed E-state index contributed by atoms with van der Waals surface area (Å²) in [5.41, 5.74) is 0.768. The van der Waals surface area contributed by atoms with Gasteiger partial charge < -0.3 is 10.4 Å². The zero-order chi connectivity index (χ0) is 13.8. The van der Waals surface area contributed by atoms with E-state index in [9.17, 15) is 5.11 Å². The molecule has 106 valence electrons. The maximum atomic E-state index is 9.93. The van der Waals surface area contributed by atoms with Gasteiger partial charge in [0.2, 0.25) is 0 Å². The zero-order valence-electron chi connectivity index (χ0n) is 11.0. The fourth-order valence-corrected chi connectivity index (χ4v) is 4.33. The van der Waals surface area contributed by atoms with Gasteiger partial charge in [-0.25, -0.2) is 0 Å². The summed E-state index contributed by atoms with van der Waals surface area (Å²) in [6, 6.07) is 3.85. The van der Waals surface area contributed by atoms with E-state index in [-0.39, 0.29) is 5.75 Å². The molecule has 0 saturated heterocycles. The molecule has 2 N–H and O–H groups in total. The van der Waals surface area contributed by atoms with Crippen LogP contribution in [0.25, 0.3) is 0 Å². The average molecular weight is 320 g/mol. The van der Waals surface area contributed by atoms with Crippen LogP contribution < -0.4 is 5.32 Å². The first-order chi connectivity index (χ1) is 9.11. The second kappa shape index (κ2) is 7.07. The molecule has 2 atom stereocenters. The van der Waals surface area contributed by atoms with Crippen molar-refractivity contribution < 1.29 is 5.11 Å². The fraction of sp³-hybridized carbons (Fsp3) is 0.571. The van der Waals surface area contributed by atoms with E-state index in [2.05, 4.69) is 12.2 Å². The number of thioether (sulfide) groups is 1.